The minimum atomic E-state index is -0.505. The van der Waals surface area contributed by atoms with E-state index in [9.17, 15) is 14.4 Å². The number of furan rings is 1. The molecule has 0 radical (unpaired) electrons. The van der Waals surface area contributed by atoms with E-state index >= 15 is 0 Å². The molecule has 0 saturated heterocycles. The van der Waals surface area contributed by atoms with Crippen molar-refractivity contribution in [2.75, 3.05) is 5.32 Å². The van der Waals surface area contributed by atoms with Gasteiger partial charge in [-0.1, -0.05) is 17.7 Å². The SMILES string of the molecule is O=C(NNC(=O)c1cccc(Cl)c1)c1ccc(NC(=O)c2ccco2)cc1. The van der Waals surface area contributed by atoms with Crippen molar-refractivity contribution in [3.63, 3.8) is 0 Å². The van der Waals surface area contributed by atoms with E-state index in [1.54, 1.807) is 42.5 Å². The van der Waals surface area contributed by atoms with Crippen LogP contribution < -0.4 is 16.2 Å². The fourth-order valence-electron chi connectivity index (χ4n) is 2.19. The number of hydrazine groups is 1. The average molecular weight is 384 g/mol. The molecule has 2 aromatic carbocycles. The molecule has 7 nitrogen and oxygen atoms in total. The van der Waals surface area contributed by atoms with E-state index in [2.05, 4.69) is 16.2 Å². The molecule has 0 aliphatic carbocycles. The quantitative estimate of drug-likeness (QED) is 0.602. The Hall–Kier alpha value is -3.58. The first-order valence-corrected chi connectivity index (χ1v) is 8.22. The van der Waals surface area contributed by atoms with E-state index in [0.717, 1.165) is 0 Å². The molecule has 1 heterocycles. The molecule has 0 bridgehead atoms. The van der Waals surface area contributed by atoms with Crippen LogP contribution in [-0.4, -0.2) is 17.7 Å². The molecule has 3 aromatic rings. The standard InChI is InChI=1S/C19H14ClN3O4/c20-14-4-1-3-13(11-14)18(25)23-22-17(24)12-6-8-15(9-7-12)21-19(26)16-5-2-10-27-16/h1-11H,(H,21,26)(H,22,24)(H,23,25). The van der Waals surface area contributed by atoms with Crippen molar-refractivity contribution in [1.82, 2.24) is 10.9 Å². The van der Waals surface area contributed by atoms with Crippen molar-refractivity contribution in [3.05, 3.63) is 88.8 Å². The number of benzene rings is 2. The van der Waals surface area contributed by atoms with Crippen LogP contribution in [0.4, 0.5) is 5.69 Å². The van der Waals surface area contributed by atoms with Crippen molar-refractivity contribution in [3.8, 4) is 0 Å². The van der Waals surface area contributed by atoms with Crippen molar-refractivity contribution < 1.29 is 18.8 Å². The van der Waals surface area contributed by atoms with E-state index in [4.69, 9.17) is 16.0 Å². The molecule has 0 aliphatic heterocycles. The van der Waals surface area contributed by atoms with Crippen molar-refractivity contribution in [1.29, 1.82) is 0 Å². The predicted octanol–water partition coefficient (Wildman–Crippen LogP) is 3.26. The maximum Gasteiger partial charge on any atom is 0.291 e. The summed E-state index contributed by atoms with van der Waals surface area (Å²) in [5.41, 5.74) is 5.74. The monoisotopic (exact) mass is 383 g/mol. The summed E-state index contributed by atoms with van der Waals surface area (Å²) in [4.78, 5) is 36.0. The zero-order valence-corrected chi connectivity index (χ0v) is 14.6. The second-order valence-electron chi connectivity index (χ2n) is 5.43. The van der Waals surface area contributed by atoms with Gasteiger partial charge >= 0.3 is 0 Å². The Morgan fingerprint density at radius 3 is 2.11 bits per heavy atom. The molecule has 0 aliphatic rings. The maximum absolute atomic E-state index is 12.1. The molecule has 0 unspecified atom stereocenters. The molecular formula is C19H14ClN3O4. The zero-order valence-electron chi connectivity index (χ0n) is 13.9. The Bertz CT molecular complexity index is 969. The lowest BCUT2D eigenvalue weighted by molar-refractivity contribution is 0.0846. The van der Waals surface area contributed by atoms with Gasteiger partial charge in [-0.3, -0.25) is 25.2 Å². The summed E-state index contributed by atoms with van der Waals surface area (Å²) in [6.07, 6.45) is 1.40. The van der Waals surface area contributed by atoms with Crippen molar-refractivity contribution >= 4 is 35.0 Å². The van der Waals surface area contributed by atoms with E-state index in [1.807, 2.05) is 0 Å². The Balaban J connectivity index is 1.56. The van der Waals surface area contributed by atoms with Crippen LogP contribution in [0.15, 0.2) is 71.3 Å². The zero-order chi connectivity index (χ0) is 19.2. The third-order valence-electron chi connectivity index (χ3n) is 3.53. The summed E-state index contributed by atoms with van der Waals surface area (Å²) in [5.74, 6) is -1.21. The van der Waals surface area contributed by atoms with Gasteiger partial charge in [-0.15, -0.1) is 0 Å². The first kappa shape index (κ1) is 18.2. The first-order valence-electron chi connectivity index (χ1n) is 7.84. The highest BCUT2D eigenvalue weighted by molar-refractivity contribution is 6.31. The molecule has 0 fully saturated rings. The maximum atomic E-state index is 12.1. The van der Waals surface area contributed by atoms with Gasteiger partial charge in [0.25, 0.3) is 17.7 Å². The van der Waals surface area contributed by atoms with Crippen LogP contribution >= 0.6 is 11.6 Å². The molecule has 0 saturated carbocycles. The number of hydrogen-bond acceptors (Lipinski definition) is 4. The van der Waals surface area contributed by atoms with E-state index in [-0.39, 0.29) is 5.76 Å². The lowest BCUT2D eigenvalue weighted by Crippen LogP contribution is -2.41. The smallest absolute Gasteiger partial charge is 0.291 e. The van der Waals surface area contributed by atoms with Crippen molar-refractivity contribution in [2.45, 2.75) is 0 Å². The summed E-state index contributed by atoms with van der Waals surface area (Å²) >= 11 is 5.83. The van der Waals surface area contributed by atoms with Crippen LogP contribution in [0.1, 0.15) is 31.3 Å². The second kappa shape index (κ2) is 8.20. The molecule has 3 N–H and O–H groups in total. The summed E-state index contributed by atoms with van der Waals surface area (Å²) in [6, 6.07) is 15.6. The molecular weight excluding hydrogens is 370 g/mol. The fourth-order valence-corrected chi connectivity index (χ4v) is 2.38. The van der Waals surface area contributed by atoms with Gasteiger partial charge in [0, 0.05) is 21.8 Å². The summed E-state index contributed by atoms with van der Waals surface area (Å²) < 4.78 is 5.00. The number of carbonyl (C=O) groups excluding carboxylic acids is 3. The van der Waals surface area contributed by atoms with Gasteiger partial charge in [-0.25, -0.2) is 0 Å². The second-order valence-corrected chi connectivity index (χ2v) is 5.86. The van der Waals surface area contributed by atoms with E-state index in [1.165, 1.54) is 24.5 Å². The normalized spacial score (nSPS) is 10.1. The molecule has 136 valence electrons. The lowest BCUT2D eigenvalue weighted by Gasteiger charge is -2.08. The Morgan fingerprint density at radius 1 is 0.778 bits per heavy atom. The number of hydrogen-bond donors (Lipinski definition) is 3. The minimum absolute atomic E-state index is 0.181. The van der Waals surface area contributed by atoms with Gasteiger partial charge in [0.1, 0.15) is 0 Å². The summed E-state index contributed by atoms with van der Waals surface area (Å²) in [6.45, 7) is 0. The van der Waals surface area contributed by atoms with Gasteiger partial charge in [0.05, 0.1) is 6.26 Å². The number of amides is 3. The highest BCUT2D eigenvalue weighted by Crippen LogP contribution is 2.12. The molecule has 8 heteroatoms. The van der Waals surface area contributed by atoms with E-state index in [0.29, 0.717) is 21.8 Å². The lowest BCUT2D eigenvalue weighted by atomic mass is 10.2. The summed E-state index contributed by atoms with van der Waals surface area (Å²) in [7, 11) is 0. The van der Waals surface area contributed by atoms with Crippen LogP contribution in [0.25, 0.3) is 0 Å². The van der Waals surface area contributed by atoms with Crippen molar-refractivity contribution in [2.24, 2.45) is 0 Å². The Labute approximate surface area is 159 Å². The van der Waals surface area contributed by atoms with Crippen LogP contribution in [0.2, 0.25) is 5.02 Å². The molecule has 0 spiro atoms. The van der Waals surface area contributed by atoms with Gasteiger partial charge in [0.2, 0.25) is 0 Å². The van der Waals surface area contributed by atoms with Crippen LogP contribution in [0.3, 0.4) is 0 Å². The summed E-state index contributed by atoms with van der Waals surface area (Å²) in [5, 5.41) is 3.06. The fraction of sp³-hybridized carbons (Fsp3) is 0. The largest absolute Gasteiger partial charge is 0.459 e. The molecule has 3 amide bonds. The van der Waals surface area contributed by atoms with Gasteiger partial charge in [0.15, 0.2) is 5.76 Å². The Kier molecular flexibility index (Phi) is 5.53. The van der Waals surface area contributed by atoms with Crippen LogP contribution in [0.5, 0.6) is 0 Å². The number of anilines is 1. The first-order chi connectivity index (χ1) is 13.0. The van der Waals surface area contributed by atoms with Crippen LogP contribution in [-0.2, 0) is 0 Å². The molecule has 0 atom stereocenters. The highest BCUT2D eigenvalue weighted by atomic mass is 35.5. The minimum Gasteiger partial charge on any atom is -0.459 e. The van der Waals surface area contributed by atoms with E-state index < -0.39 is 17.7 Å². The van der Waals surface area contributed by atoms with Gasteiger partial charge < -0.3 is 9.73 Å². The van der Waals surface area contributed by atoms with Gasteiger partial charge in [-0.2, -0.15) is 0 Å². The molecule has 1 aromatic heterocycles. The number of nitrogens with one attached hydrogen (secondary N) is 3. The predicted molar refractivity (Wildman–Crippen MR) is 99.5 cm³/mol. The topological polar surface area (TPSA) is 100 Å². The molecule has 27 heavy (non-hydrogen) atoms. The number of rotatable bonds is 4. The average Bonchev–Trinajstić information content (AvgIpc) is 3.21. The molecule has 3 rings (SSSR count). The van der Waals surface area contributed by atoms with Gasteiger partial charge in [-0.05, 0) is 54.6 Å². The Morgan fingerprint density at radius 2 is 1.48 bits per heavy atom. The van der Waals surface area contributed by atoms with Crippen LogP contribution in [0, 0.1) is 0 Å². The number of carbonyl (C=O) groups is 3. The highest BCUT2D eigenvalue weighted by Gasteiger charge is 2.11. The number of halogens is 1. The third-order valence-corrected chi connectivity index (χ3v) is 3.76. The third kappa shape index (κ3) is 4.74.